The van der Waals surface area contributed by atoms with E-state index in [9.17, 15) is 24.5 Å². The molecule has 2 aliphatic heterocycles. The van der Waals surface area contributed by atoms with Crippen LogP contribution in [0.25, 0.3) is 0 Å². The lowest BCUT2D eigenvalue weighted by Gasteiger charge is -2.42. The number of nitrogens with one attached hydrogen (secondary N) is 2. The Hall–Kier alpha value is -2.83. The number of carbonyl (C=O) groups excluding carboxylic acids is 2. The monoisotopic (exact) mass is 446 g/mol. The van der Waals surface area contributed by atoms with Gasteiger partial charge in [0.25, 0.3) is 0 Å². The van der Waals surface area contributed by atoms with E-state index in [1.54, 1.807) is 19.1 Å². The minimum atomic E-state index is -1.21. The van der Waals surface area contributed by atoms with Crippen LogP contribution in [0.5, 0.6) is 11.5 Å². The molecule has 32 heavy (non-hydrogen) atoms. The summed E-state index contributed by atoms with van der Waals surface area (Å²) in [5.74, 6) is -1.43. The van der Waals surface area contributed by atoms with Gasteiger partial charge in [0.1, 0.15) is 28.7 Å². The largest absolute Gasteiger partial charge is 0.535 e. The SMILES string of the molecule is CNC(=O)CNC(=O)[C@@](C)(N)CN1CC(Oc2ccc3c(c2C(=O)O)OB(O)C2CC32)C1. The number of likely N-dealkylation sites (N-methyl/N-ethyl adjacent to an activating group) is 1. The highest BCUT2D eigenvalue weighted by atomic mass is 16.5. The number of carboxylic acid groups (broad SMARTS) is 1. The van der Waals surface area contributed by atoms with Crippen molar-refractivity contribution in [3.05, 3.63) is 23.3 Å². The Morgan fingerprint density at radius 3 is 2.75 bits per heavy atom. The number of carboxylic acids is 1. The van der Waals surface area contributed by atoms with Gasteiger partial charge in [0.15, 0.2) is 0 Å². The molecular weight excluding hydrogens is 419 g/mol. The zero-order valence-corrected chi connectivity index (χ0v) is 18.0. The molecule has 172 valence electrons. The van der Waals surface area contributed by atoms with Gasteiger partial charge in [-0.05, 0) is 30.9 Å². The van der Waals surface area contributed by atoms with Crippen molar-refractivity contribution >= 4 is 24.9 Å². The average Bonchev–Trinajstić information content (AvgIpc) is 3.51. The van der Waals surface area contributed by atoms with Crippen molar-refractivity contribution in [2.75, 3.05) is 33.2 Å². The summed E-state index contributed by atoms with van der Waals surface area (Å²) in [7, 11) is 0.475. The highest BCUT2D eigenvalue weighted by Crippen LogP contribution is 2.60. The van der Waals surface area contributed by atoms with E-state index in [4.69, 9.17) is 15.1 Å². The first kappa shape index (κ1) is 22.4. The van der Waals surface area contributed by atoms with Gasteiger partial charge in [-0.25, -0.2) is 4.79 Å². The zero-order valence-electron chi connectivity index (χ0n) is 18.0. The number of rotatable bonds is 8. The predicted molar refractivity (Wildman–Crippen MR) is 114 cm³/mol. The second-order valence-corrected chi connectivity index (χ2v) is 8.88. The minimum absolute atomic E-state index is 0.0234. The summed E-state index contributed by atoms with van der Waals surface area (Å²) in [6.07, 6.45) is 0.498. The molecule has 0 aromatic heterocycles. The molecule has 1 saturated heterocycles. The van der Waals surface area contributed by atoms with E-state index in [1.165, 1.54) is 7.05 Å². The molecule has 3 aliphatic rings. The Morgan fingerprint density at radius 1 is 1.38 bits per heavy atom. The topological polar surface area (TPSA) is 163 Å². The van der Waals surface area contributed by atoms with Crippen LogP contribution in [-0.2, 0) is 9.59 Å². The normalized spacial score (nSPS) is 23.6. The van der Waals surface area contributed by atoms with Gasteiger partial charge in [-0.1, -0.05) is 6.07 Å². The van der Waals surface area contributed by atoms with Crippen molar-refractivity contribution in [2.24, 2.45) is 5.73 Å². The number of benzene rings is 1. The summed E-state index contributed by atoms with van der Waals surface area (Å²) in [5, 5.41) is 24.7. The van der Waals surface area contributed by atoms with Crippen LogP contribution in [0.4, 0.5) is 0 Å². The number of hydrogen-bond donors (Lipinski definition) is 5. The van der Waals surface area contributed by atoms with E-state index in [1.807, 2.05) is 4.90 Å². The van der Waals surface area contributed by atoms with Gasteiger partial charge in [0.2, 0.25) is 11.8 Å². The van der Waals surface area contributed by atoms with Crippen LogP contribution in [0.1, 0.15) is 35.2 Å². The summed E-state index contributed by atoms with van der Waals surface area (Å²) < 4.78 is 11.4. The molecule has 6 N–H and O–H groups in total. The molecule has 1 aromatic carbocycles. The predicted octanol–water partition coefficient (Wildman–Crippen LogP) is -1.24. The second kappa shape index (κ2) is 8.26. The molecule has 0 bridgehead atoms. The fourth-order valence-corrected chi connectivity index (χ4v) is 4.29. The maximum atomic E-state index is 12.3. The van der Waals surface area contributed by atoms with E-state index in [-0.39, 0.29) is 53.9 Å². The number of fused-ring (bicyclic) bond motifs is 3. The van der Waals surface area contributed by atoms with Crippen LogP contribution in [0.3, 0.4) is 0 Å². The molecule has 1 aliphatic carbocycles. The second-order valence-electron chi connectivity index (χ2n) is 8.88. The molecule has 4 rings (SSSR count). The van der Waals surface area contributed by atoms with Crippen molar-refractivity contribution < 1.29 is 33.9 Å². The molecule has 1 aromatic rings. The Morgan fingerprint density at radius 2 is 2.09 bits per heavy atom. The highest BCUT2D eigenvalue weighted by molar-refractivity contribution is 6.48. The lowest BCUT2D eigenvalue weighted by molar-refractivity contribution is -0.130. The Labute approximate surface area is 185 Å². The third-order valence-corrected chi connectivity index (χ3v) is 6.18. The number of nitrogens with two attached hydrogens (primary N) is 1. The minimum Gasteiger partial charge on any atom is -0.535 e. The van der Waals surface area contributed by atoms with Gasteiger partial charge in [-0.2, -0.15) is 0 Å². The van der Waals surface area contributed by atoms with Gasteiger partial charge in [0.05, 0.1) is 6.54 Å². The average molecular weight is 446 g/mol. The summed E-state index contributed by atoms with van der Waals surface area (Å²) in [6, 6.07) is 3.44. The summed E-state index contributed by atoms with van der Waals surface area (Å²) in [4.78, 5) is 37.4. The maximum absolute atomic E-state index is 12.3. The quantitative estimate of drug-likeness (QED) is 0.307. The Kier molecular flexibility index (Phi) is 5.78. The lowest BCUT2D eigenvalue weighted by atomic mass is 9.77. The third kappa shape index (κ3) is 4.25. The first-order chi connectivity index (χ1) is 15.1. The van der Waals surface area contributed by atoms with Crippen molar-refractivity contribution in [1.29, 1.82) is 0 Å². The van der Waals surface area contributed by atoms with Crippen LogP contribution < -0.4 is 25.8 Å². The molecule has 3 atom stereocenters. The molecule has 2 fully saturated rings. The molecule has 11 nitrogen and oxygen atoms in total. The van der Waals surface area contributed by atoms with E-state index in [2.05, 4.69) is 10.6 Å². The van der Waals surface area contributed by atoms with Crippen LogP contribution >= 0.6 is 0 Å². The summed E-state index contributed by atoms with van der Waals surface area (Å²) in [5.41, 5.74) is 5.63. The van der Waals surface area contributed by atoms with Gasteiger partial charge in [-0.3, -0.25) is 14.5 Å². The molecule has 2 amide bonds. The van der Waals surface area contributed by atoms with Gasteiger partial charge in [0, 0.05) is 32.5 Å². The van der Waals surface area contributed by atoms with E-state index in [0.29, 0.717) is 13.1 Å². The third-order valence-electron chi connectivity index (χ3n) is 6.18. The number of carbonyl (C=O) groups is 3. The zero-order chi connectivity index (χ0) is 23.2. The molecule has 2 heterocycles. The number of hydrogen-bond acceptors (Lipinski definition) is 8. The van der Waals surface area contributed by atoms with Crippen molar-refractivity contribution in [3.63, 3.8) is 0 Å². The number of nitrogens with zero attached hydrogens (tertiary/aromatic N) is 1. The first-order valence-corrected chi connectivity index (χ1v) is 10.5. The molecule has 1 saturated carbocycles. The first-order valence-electron chi connectivity index (χ1n) is 10.5. The smallest absolute Gasteiger partial charge is 0.526 e. The molecule has 0 spiro atoms. The lowest BCUT2D eigenvalue weighted by Crippen LogP contribution is -2.64. The number of amides is 2. The summed E-state index contributed by atoms with van der Waals surface area (Å²) in [6.45, 7) is 2.60. The Balaban J connectivity index is 1.35. The number of aromatic carboxylic acids is 1. The van der Waals surface area contributed by atoms with Crippen LogP contribution in [-0.4, -0.2) is 84.8 Å². The van der Waals surface area contributed by atoms with Crippen LogP contribution in [0, 0.1) is 0 Å². The molecule has 2 unspecified atom stereocenters. The van der Waals surface area contributed by atoms with Crippen LogP contribution in [0.2, 0.25) is 5.82 Å². The molecule has 12 heteroatoms. The maximum Gasteiger partial charge on any atom is 0.526 e. The van der Waals surface area contributed by atoms with Gasteiger partial charge < -0.3 is 35.9 Å². The van der Waals surface area contributed by atoms with Gasteiger partial charge in [-0.15, -0.1) is 0 Å². The number of ether oxygens (including phenoxy) is 1. The van der Waals surface area contributed by atoms with E-state index >= 15 is 0 Å². The van der Waals surface area contributed by atoms with Crippen molar-refractivity contribution in [1.82, 2.24) is 15.5 Å². The number of likely N-dealkylation sites (tertiary alicyclic amines) is 1. The Bertz CT molecular complexity index is 950. The van der Waals surface area contributed by atoms with Crippen LogP contribution in [0.15, 0.2) is 12.1 Å². The molecule has 0 radical (unpaired) electrons. The fourth-order valence-electron chi connectivity index (χ4n) is 4.29. The van der Waals surface area contributed by atoms with Crippen molar-refractivity contribution in [2.45, 2.75) is 36.7 Å². The fraction of sp³-hybridized carbons (Fsp3) is 0.550. The van der Waals surface area contributed by atoms with E-state index in [0.717, 1.165) is 12.0 Å². The van der Waals surface area contributed by atoms with E-state index < -0.39 is 24.5 Å². The molecular formula is C20H27BN4O7. The van der Waals surface area contributed by atoms with Gasteiger partial charge >= 0.3 is 13.1 Å². The highest BCUT2D eigenvalue weighted by Gasteiger charge is 2.54. The summed E-state index contributed by atoms with van der Waals surface area (Å²) >= 11 is 0. The standard InChI is InChI=1S/C20H27BN4O7/c1-20(22,19(29)24-6-15(26)23-2)9-25-7-10(8-25)31-14-4-3-11-12-5-13(12)21(30)32-17(11)16(14)18(27)28/h3-4,10,12-13,30H,5-9,22H2,1-2H3,(H,23,26)(H,24,29)(H,27,28)/t12?,13?,20-/m0/s1. The van der Waals surface area contributed by atoms with Crippen molar-refractivity contribution in [3.8, 4) is 11.5 Å².